The van der Waals surface area contributed by atoms with Crippen LogP contribution in [-0.2, 0) is 18.9 Å². The molecule has 9 nitrogen and oxygen atoms in total. The first-order valence-corrected chi connectivity index (χ1v) is 7.49. The first-order valence-electron chi connectivity index (χ1n) is 7.49. The van der Waals surface area contributed by atoms with Gasteiger partial charge in [-0.3, -0.25) is 0 Å². The third kappa shape index (κ3) is 2.04. The Bertz CT molecular complexity index is 478. The van der Waals surface area contributed by atoms with E-state index in [0.29, 0.717) is 0 Å². The SMILES string of the molecule is OC[C@H]1O[C@@H]([C@@H](F)[C@]23O[C@H]2[C@@H]2OC[C@@H](O2)[C@@H]3O)[C@H](O)[C@@H](O)[C@@H]1O. The van der Waals surface area contributed by atoms with Gasteiger partial charge in [0, 0.05) is 0 Å². The molecule has 5 N–H and O–H groups in total. The van der Waals surface area contributed by atoms with E-state index < -0.39 is 73.5 Å². The average Bonchev–Trinajstić information content (AvgIpc) is 3.17. The molecule has 4 rings (SSSR count). The van der Waals surface area contributed by atoms with Crippen molar-refractivity contribution in [3.05, 3.63) is 0 Å². The Morgan fingerprint density at radius 3 is 2.52 bits per heavy atom. The number of rotatable bonds is 3. The number of hydrogen-bond donors (Lipinski definition) is 5. The van der Waals surface area contributed by atoms with E-state index in [1.165, 1.54) is 0 Å². The van der Waals surface area contributed by atoms with Crippen LogP contribution in [0.5, 0.6) is 0 Å². The lowest BCUT2D eigenvalue weighted by Crippen LogP contribution is -2.65. The van der Waals surface area contributed by atoms with Crippen LogP contribution >= 0.6 is 0 Å². The lowest BCUT2D eigenvalue weighted by atomic mass is 9.81. The molecule has 0 aromatic rings. The molecule has 4 heterocycles. The van der Waals surface area contributed by atoms with E-state index in [4.69, 9.17) is 18.9 Å². The quantitative estimate of drug-likeness (QED) is 0.330. The van der Waals surface area contributed by atoms with Gasteiger partial charge in [-0.1, -0.05) is 0 Å². The molecule has 0 aromatic carbocycles. The Hall–Kier alpha value is -0.430. The van der Waals surface area contributed by atoms with E-state index in [9.17, 15) is 25.5 Å². The van der Waals surface area contributed by atoms with E-state index in [1.54, 1.807) is 0 Å². The molecular weight excluding hydrogens is 319 g/mol. The third-order valence-electron chi connectivity index (χ3n) is 5.16. The molecule has 4 aliphatic heterocycles. The van der Waals surface area contributed by atoms with Gasteiger partial charge in [0.2, 0.25) is 0 Å². The number of hydrogen-bond acceptors (Lipinski definition) is 9. The highest BCUT2D eigenvalue weighted by Crippen LogP contribution is 2.55. The molecule has 132 valence electrons. The molecule has 2 bridgehead atoms. The maximum atomic E-state index is 15.1. The van der Waals surface area contributed by atoms with Crippen molar-refractivity contribution >= 4 is 0 Å². The van der Waals surface area contributed by atoms with Crippen LogP contribution in [0.3, 0.4) is 0 Å². The summed E-state index contributed by atoms with van der Waals surface area (Å²) in [6.07, 6.45) is -13.5. The van der Waals surface area contributed by atoms with Crippen LogP contribution in [0.2, 0.25) is 0 Å². The summed E-state index contributed by atoms with van der Waals surface area (Å²) in [6.45, 7) is -0.555. The average molecular weight is 338 g/mol. The summed E-state index contributed by atoms with van der Waals surface area (Å²) in [5.74, 6) is 0. The fraction of sp³-hybridized carbons (Fsp3) is 1.00. The van der Waals surface area contributed by atoms with Gasteiger partial charge in [-0.15, -0.1) is 0 Å². The predicted octanol–water partition coefficient (Wildman–Crippen LogP) is -3.58. The lowest BCUT2D eigenvalue weighted by Gasteiger charge is -2.43. The number of ether oxygens (including phenoxy) is 4. The van der Waals surface area contributed by atoms with Crippen molar-refractivity contribution in [1.82, 2.24) is 0 Å². The van der Waals surface area contributed by atoms with Gasteiger partial charge in [0.05, 0.1) is 13.2 Å². The molecule has 11 atom stereocenters. The summed E-state index contributed by atoms with van der Waals surface area (Å²) in [5.41, 5.74) is -1.66. The lowest BCUT2D eigenvalue weighted by molar-refractivity contribution is -0.252. The molecule has 10 heteroatoms. The normalized spacial score (nSPS) is 59.5. The largest absolute Gasteiger partial charge is 0.394 e. The molecule has 23 heavy (non-hydrogen) atoms. The zero-order chi connectivity index (χ0) is 16.5. The Morgan fingerprint density at radius 1 is 1.09 bits per heavy atom. The predicted molar refractivity (Wildman–Crippen MR) is 66.9 cm³/mol. The fourth-order valence-electron chi connectivity index (χ4n) is 3.76. The van der Waals surface area contributed by atoms with Crippen LogP contribution in [-0.4, -0.2) is 106 Å². The monoisotopic (exact) mass is 338 g/mol. The minimum Gasteiger partial charge on any atom is -0.394 e. The van der Waals surface area contributed by atoms with E-state index >= 15 is 4.39 Å². The molecule has 0 radical (unpaired) electrons. The van der Waals surface area contributed by atoms with Crippen molar-refractivity contribution in [1.29, 1.82) is 0 Å². The highest BCUT2D eigenvalue weighted by atomic mass is 19.1. The van der Waals surface area contributed by atoms with E-state index in [2.05, 4.69) is 0 Å². The third-order valence-corrected chi connectivity index (χ3v) is 5.16. The molecule has 0 saturated carbocycles. The second-order valence-electron chi connectivity index (χ2n) is 6.41. The van der Waals surface area contributed by atoms with Crippen molar-refractivity contribution in [2.45, 2.75) is 66.9 Å². The standard InChI is InChI=1S/C13H19FO9/c14-9(8-7(18)6(17)5(16)3(1-15)21-8)13-10(19)4-2-20-12(22-4)11(13)23-13/h3-12,15-19H,1-2H2/t3-,4-,5-,6+,7-,8-,9-,10+,11+,12-,13-/m1/s1. The molecule has 0 aromatic heterocycles. The topological polar surface area (TPSA) is 141 Å². The smallest absolute Gasteiger partial charge is 0.187 e. The van der Waals surface area contributed by atoms with Crippen LogP contribution < -0.4 is 0 Å². The van der Waals surface area contributed by atoms with Crippen molar-refractivity contribution in [3.8, 4) is 0 Å². The van der Waals surface area contributed by atoms with Crippen molar-refractivity contribution < 1.29 is 48.9 Å². The molecule has 0 unspecified atom stereocenters. The Labute approximate surface area is 130 Å². The van der Waals surface area contributed by atoms with E-state index in [0.717, 1.165) is 0 Å². The number of fused-ring (bicyclic) bond motifs is 4. The van der Waals surface area contributed by atoms with Gasteiger partial charge in [0.25, 0.3) is 0 Å². The van der Waals surface area contributed by atoms with Crippen molar-refractivity contribution in [2.24, 2.45) is 0 Å². The van der Waals surface area contributed by atoms with Crippen LogP contribution in [0.1, 0.15) is 0 Å². The van der Waals surface area contributed by atoms with Gasteiger partial charge >= 0.3 is 0 Å². The second kappa shape index (κ2) is 5.28. The van der Waals surface area contributed by atoms with Gasteiger partial charge in [-0.05, 0) is 0 Å². The van der Waals surface area contributed by atoms with Crippen molar-refractivity contribution in [2.75, 3.05) is 13.2 Å². The molecule has 4 fully saturated rings. The van der Waals surface area contributed by atoms with Gasteiger partial charge in [0.1, 0.15) is 48.8 Å². The van der Waals surface area contributed by atoms with Gasteiger partial charge in [-0.25, -0.2) is 4.39 Å². The number of epoxide rings is 1. The minimum atomic E-state index is -2.01. The van der Waals surface area contributed by atoms with Crippen LogP contribution in [0.25, 0.3) is 0 Å². The zero-order valence-corrected chi connectivity index (χ0v) is 11.9. The number of aliphatic hydroxyl groups excluding tert-OH is 5. The molecule has 4 saturated heterocycles. The Balaban J connectivity index is 1.58. The number of alkyl halides is 1. The molecule has 0 amide bonds. The van der Waals surface area contributed by atoms with Crippen LogP contribution in [0, 0.1) is 0 Å². The first kappa shape index (κ1) is 16.1. The van der Waals surface area contributed by atoms with Gasteiger partial charge < -0.3 is 44.5 Å². The Morgan fingerprint density at radius 2 is 1.83 bits per heavy atom. The van der Waals surface area contributed by atoms with E-state index in [1.807, 2.05) is 0 Å². The fourth-order valence-corrected chi connectivity index (χ4v) is 3.76. The first-order chi connectivity index (χ1) is 10.9. The highest BCUT2D eigenvalue weighted by Gasteiger charge is 2.78. The summed E-state index contributed by atoms with van der Waals surface area (Å²) in [5, 5.41) is 49.1. The number of aliphatic hydroxyl groups is 5. The maximum Gasteiger partial charge on any atom is 0.187 e. The maximum absolute atomic E-state index is 15.1. The molecular formula is C13H19FO9. The zero-order valence-electron chi connectivity index (χ0n) is 11.9. The van der Waals surface area contributed by atoms with Crippen LogP contribution in [0.4, 0.5) is 4.39 Å². The summed E-state index contributed by atoms with van der Waals surface area (Å²) in [4.78, 5) is 0. The summed E-state index contributed by atoms with van der Waals surface area (Å²) in [6, 6.07) is 0. The minimum absolute atomic E-state index is 0.106. The summed E-state index contributed by atoms with van der Waals surface area (Å²) < 4.78 is 36.3. The number of halogens is 1. The summed E-state index contributed by atoms with van der Waals surface area (Å²) in [7, 11) is 0. The van der Waals surface area contributed by atoms with Crippen molar-refractivity contribution in [3.63, 3.8) is 0 Å². The van der Waals surface area contributed by atoms with Crippen LogP contribution in [0.15, 0.2) is 0 Å². The van der Waals surface area contributed by atoms with E-state index in [-0.39, 0.29) is 6.61 Å². The van der Waals surface area contributed by atoms with Gasteiger partial charge in [-0.2, -0.15) is 0 Å². The molecule has 4 aliphatic rings. The van der Waals surface area contributed by atoms with Gasteiger partial charge in [0.15, 0.2) is 18.1 Å². The molecule has 0 aliphatic carbocycles. The molecule has 0 spiro atoms. The summed E-state index contributed by atoms with van der Waals surface area (Å²) >= 11 is 0. The highest BCUT2D eigenvalue weighted by molar-refractivity contribution is 5.22. The second-order valence-corrected chi connectivity index (χ2v) is 6.41. The Kier molecular flexibility index (Phi) is 3.69.